The summed E-state index contributed by atoms with van der Waals surface area (Å²) in [6.45, 7) is 2.33. The van der Waals surface area contributed by atoms with Gasteiger partial charge in [0.25, 0.3) is 0 Å². The summed E-state index contributed by atoms with van der Waals surface area (Å²) >= 11 is 1.62. The molecule has 1 amide bonds. The zero-order chi connectivity index (χ0) is 13.8. The van der Waals surface area contributed by atoms with Crippen LogP contribution in [0.3, 0.4) is 0 Å². The second kappa shape index (κ2) is 6.45. The topological polar surface area (TPSA) is 77.2 Å². The second-order valence-corrected chi connectivity index (χ2v) is 5.90. The Hall–Kier alpha value is -0.980. The lowest BCUT2D eigenvalue weighted by atomic mass is 10.1. The van der Waals surface area contributed by atoms with Crippen LogP contribution in [-0.2, 0) is 9.53 Å². The number of amides is 1. The van der Waals surface area contributed by atoms with Crippen molar-refractivity contribution in [1.82, 2.24) is 10.3 Å². The molecule has 0 aromatic carbocycles. The van der Waals surface area contributed by atoms with Crippen molar-refractivity contribution in [1.29, 1.82) is 0 Å². The number of rotatable bonds is 7. The van der Waals surface area contributed by atoms with Gasteiger partial charge in [0.2, 0.25) is 5.91 Å². The smallest absolute Gasteiger partial charge is 0.223 e. The van der Waals surface area contributed by atoms with E-state index in [0.717, 1.165) is 23.5 Å². The van der Waals surface area contributed by atoms with Crippen LogP contribution in [0.1, 0.15) is 36.0 Å². The van der Waals surface area contributed by atoms with Gasteiger partial charge >= 0.3 is 0 Å². The second-order valence-electron chi connectivity index (χ2n) is 5.01. The number of aryl methyl sites for hydroxylation is 1. The molecule has 0 aliphatic heterocycles. The molecule has 1 saturated carbocycles. The predicted octanol–water partition coefficient (Wildman–Crippen LogP) is 1.38. The number of aromatic nitrogens is 1. The Bertz CT molecular complexity index is 427. The predicted molar refractivity (Wildman–Crippen MR) is 74.9 cm³/mol. The van der Waals surface area contributed by atoms with E-state index in [1.165, 1.54) is 0 Å². The van der Waals surface area contributed by atoms with Crippen LogP contribution in [0.4, 0.5) is 0 Å². The van der Waals surface area contributed by atoms with Gasteiger partial charge in [-0.2, -0.15) is 0 Å². The summed E-state index contributed by atoms with van der Waals surface area (Å²) in [4.78, 5) is 16.5. The minimum absolute atomic E-state index is 0.0120. The zero-order valence-corrected chi connectivity index (χ0v) is 12.2. The fourth-order valence-electron chi connectivity index (χ4n) is 2.03. The van der Waals surface area contributed by atoms with E-state index in [2.05, 4.69) is 10.3 Å². The molecule has 106 valence electrons. The van der Waals surface area contributed by atoms with Gasteiger partial charge in [0, 0.05) is 24.7 Å². The van der Waals surface area contributed by atoms with E-state index in [4.69, 9.17) is 10.5 Å². The number of nitrogens with zero attached hydrogens (tertiary/aromatic N) is 1. The van der Waals surface area contributed by atoms with Crippen molar-refractivity contribution in [2.24, 2.45) is 11.7 Å². The first-order chi connectivity index (χ1) is 9.13. The number of thiazole rings is 1. The minimum atomic E-state index is -0.210. The van der Waals surface area contributed by atoms with Crippen molar-refractivity contribution in [3.63, 3.8) is 0 Å². The van der Waals surface area contributed by atoms with Crippen LogP contribution >= 0.6 is 11.3 Å². The molecular formula is C13H21N3O2S. The SMILES string of the molecule is COC(CN)CC(=O)NC(c1nc(C)cs1)C1CC1. The van der Waals surface area contributed by atoms with Gasteiger partial charge in [0.1, 0.15) is 5.01 Å². The molecule has 5 nitrogen and oxygen atoms in total. The molecule has 3 N–H and O–H groups in total. The zero-order valence-electron chi connectivity index (χ0n) is 11.4. The molecule has 2 rings (SSSR count). The van der Waals surface area contributed by atoms with Crippen LogP contribution in [0.15, 0.2) is 5.38 Å². The molecule has 0 spiro atoms. The van der Waals surface area contributed by atoms with Crippen molar-refractivity contribution < 1.29 is 9.53 Å². The third-order valence-corrected chi connectivity index (χ3v) is 4.37. The van der Waals surface area contributed by atoms with Crippen LogP contribution in [-0.4, -0.2) is 30.6 Å². The molecule has 1 aromatic heterocycles. The molecule has 1 aliphatic rings. The quantitative estimate of drug-likeness (QED) is 0.792. The lowest BCUT2D eigenvalue weighted by molar-refractivity contribution is -0.124. The van der Waals surface area contributed by atoms with E-state index in [1.807, 2.05) is 12.3 Å². The van der Waals surface area contributed by atoms with Crippen LogP contribution in [0.5, 0.6) is 0 Å². The first-order valence-corrected chi connectivity index (χ1v) is 7.46. The molecular weight excluding hydrogens is 262 g/mol. The fraction of sp³-hybridized carbons (Fsp3) is 0.692. The Morgan fingerprint density at radius 1 is 1.68 bits per heavy atom. The van der Waals surface area contributed by atoms with Crippen LogP contribution in [0, 0.1) is 12.8 Å². The average Bonchev–Trinajstić information content (AvgIpc) is 3.15. The summed E-state index contributed by atoms with van der Waals surface area (Å²) in [5.41, 5.74) is 6.54. The van der Waals surface area contributed by atoms with Gasteiger partial charge in [-0.1, -0.05) is 0 Å². The molecule has 2 atom stereocenters. The van der Waals surface area contributed by atoms with E-state index >= 15 is 0 Å². The Balaban J connectivity index is 1.95. The number of carbonyl (C=O) groups excluding carboxylic acids is 1. The van der Waals surface area contributed by atoms with Crippen LogP contribution in [0.25, 0.3) is 0 Å². The molecule has 19 heavy (non-hydrogen) atoms. The Labute approximate surface area is 117 Å². The number of hydrogen-bond acceptors (Lipinski definition) is 5. The Kier molecular flexibility index (Phi) is 4.90. The third kappa shape index (κ3) is 3.99. The van der Waals surface area contributed by atoms with Gasteiger partial charge in [-0.15, -0.1) is 11.3 Å². The van der Waals surface area contributed by atoms with Crippen molar-refractivity contribution in [2.75, 3.05) is 13.7 Å². The van der Waals surface area contributed by atoms with Gasteiger partial charge in [0.05, 0.1) is 18.6 Å². The van der Waals surface area contributed by atoms with Crippen molar-refractivity contribution in [3.05, 3.63) is 16.1 Å². The molecule has 0 saturated heterocycles. The van der Waals surface area contributed by atoms with Gasteiger partial charge in [0.15, 0.2) is 0 Å². The lowest BCUT2D eigenvalue weighted by Gasteiger charge is -2.18. The number of carbonyl (C=O) groups is 1. The van der Waals surface area contributed by atoms with Gasteiger partial charge in [-0.05, 0) is 25.7 Å². The van der Waals surface area contributed by atoms with Crippen LogP contribution in [0.2, 0.25) is 0 Å². The normalized spacial score (nSPS) is 18.1. The van der Waals surface area contributed by atoms with E-state index in [-0.39, 0.29) is 18.1 Å². The van der Waals surface area contributed by atoms with Gasteiger partial charge < -0.3 is 15.8 Å². The van der Waals surface area contributed by atoms with E-state index in [9.17, 15) is 4.79 Å². The van der Waals surface area contributed by atoms with E-state index in [1.54, 1.807) is 18.4 Å². The van der Waals surface area contributed by atoms with E-state index in [0.29, 0.717) is 18.9 Å². The molecule has 1 aromatic rings. The number of nitrogens with two attached hydrogens (primary N) is 1. The van der Waals surface area contributed by atoms with Crippen molar-refractivity contribution in [2.45, 2.75) is 38.3 Å². The highest BCUT2D eigenvalue weighted by atomic mass is 32.1. The number of ether oxygens (including phenoxy) is 1. The fourth-order valence-corrected chi connectivity index (χ4v) is 2.97. The maximum Gasteiger partial charge on any atom is 0.223 e. The number of methoxy groups -OCH3 is 1. The highest BCUT2D eigenvalue weighted by Crippen LogP contribution is 2.41. The highest BCUT2D eigenvalue weighted by molar-refractivity contribution is 7.09. The summed E-state index contributed by atoms with van der Waals surface area (Å²) in [7, 11) is 1.58. The third-order valence-electron chi connectivity index (χ3n) is 3.32. The van der Waals surface area contributed by atoms with E-state index < -0.39 is 0 Å². The Morgan fingerprint density at radius 3 is 2.89 bits per heavy atom. The lowest BCUT2D eigenvalue weighted by Crippen LogP contribution is -2.35. The van der Waals surface area contributed by atoms with Gasteiger partial charge in [-0.3, -0.25) is 4.79 Å². The summed E-state index contributed by atoms with van der Waals surface area (Å²) in [6, 6.07) is 0.0569. The highest BCUT2D eigenvalue weighted by Gasteiger charge is 2.35. The van der Waals surface area contributed by atoms with Crippen LogP contribution < -0.4 is 11.1 Å². The number of nitrogens with one attached hydrogen (secondary N) is 1. The largest absolute Gasteiger partial charge is 0.380 e. The monoisotopic (exact) mass is 283 g/mol. The average molecular weight is 283 g/mol. The van der Waals surface area contributed by atoms with Crippen molar-refractivity contribution >= 4 is 17.2 Å². The first-order valence-electron chi connectivity index (χ1n) is 6.58. The molecule has 1 fully saturated rings. The summed E-state index contributed by atoms with van der Waals surface area (Å²) in [5.74, 6) is 0.524. The summed E-state index contributed by atoms with van der Waals surface area (Å²) in [6.07, 6.45) is 2.42. The molecule has 0 radical (unpaired) electrons. The summed E-state index contributed by atoms with van der Waals surface area (Å²) < 4.78 is 5.14. The maximum atomic E-state index is 12.0. The first kappa shape index (κ1) is 14.4. The maximum absolute atomic E-state index is 12.0. The standard InChI is InChI=1S/C13H21N3O2S/c1-8-7-19-13(15-8)12(9-3-4-9)16-11(17)5-10(6-14)18-2/h7,9-10,12H,3-6,14H2,1-2H3,(H,16,17). The molecule has 1 aliphatic carbocycles. The molecule has 6 heteroatoms. The molecule has 2 unspecified atom stereocenters. The molecule has 1 heterocycles. The number of hydrogen-bond donors (Lipinski definition) is 2. The minimum Gasteiger partial charge on any atom is -0.380 e. The molecule has 0 bridgehead atoms. The summed E-state index contributed by atoms with van der Waals surface area (Å²) in [5, 5.41) is 6.11. The van der Waals surface area contributed by atoms with Crippen molar-refractivity contribution in [3.8, 4) is 0 Å². The Morgan fingerprint density at radius 2 is 2.42 bits per heavy atom. The van der Waals surface area contributed by atoms with Gasteiger partial charge in [-0.25, -0.2) is 4.98 Å².